The smallest absolute Gasteiger partial charge is 0.381 e. The monoisotopic (exact) mass is 545 g/mol. The number of carbonyl (C=O) groups excluding carboxylic acids is 1. The fraction of sp³-hybridized carbons (Fsp3) is 0.333. The maximum absolute atomic E-state index is 14.8. The number of alkyl halides is 3. The van der Waals surface area contributed by atoms with Crippen LogP contribution in [0.1, 0.15) is 35.1 Å². The van der Waals surface area contributed by atoms with Gasteiger partial charge in [0.05, 0.1) is 30.7 Å². The zero-order chi connectivity index (χ0) is 27.1. The fourth-order valence-electron chi connectivity index (χ4n) is 3.77. The first kappa shape index (κ1) is 26.2. The van der Waals surface area contributed by atoms with Crippen molar-refractivity contribution in [3.63, 3.8) is 0 Å². The number of carbonyl (C=O) groups is 1. The summed E-state index contributed by atoms with van der Waals surface area (Å²) >= 11 is 0. The summed E-state index contributed by atoms with van der Waals surface area (Å²) in [5.74, 6) is -2.20. The number of fused-ring (bicyclic) bond motifs is 1. The Bertz CT molecular complexity index is 1500. The highest BCUT2D eigenvalue weighted by atomic mass is 32.2. The minimum absolute atomic E-state index is 0.0435. The maximum Gasteiger partial charge on any atom is 0.516 e. The topological polar surface area (TPSA) is 126 Å². The summed E-state index contributed by atoms with van der Waals surface area (Å²) in [5, 5.41) is 4.66. The zero-order valence-electron chi connectivity index (χ0n) is 19.2. The highest BCUT2D eigenvalue weighted by Crippen LogP contribution is 2.28. The van der Waals surface area contributed by atoms with Gasteiger partial charge in [-0.2, -0.15) is 31.7 Å². The lowest BCUT2D eigenvalue weighted by atomic mass is 10.0. The molecule has 198 valence electrons. The molecule has 16 heteroatoms. The molecule has 3 heterocycles. The van der Waals surface area contributed by atoms with Gasteiger partial charge in [0.2, 0.25) is 5.78 Å². The van der Waals surface area contributed by atoms with Crippen LogP contribution in [-0.4, -0.2) is 57.8 Å². The molecule has 2 aromatic heterocycles. The van der Waals surface area contributed by atoms with Crippen LogP contribution in [0.4, 0.5) is 33.5 Å². The standard InChI is InChI=1S/C21H20F5N7O3S/c1-2-15-18(32-10-14(23)19(27)30-20(32)29-15)17(34)6-4-12-3-5-16(13(22)9-12)33-8-7-31(11-28-33)37(35,36)21(24,25)26/h3,5,9-11H,2,4,6-8H2,1H3,(H2,27,29,30). The van der Waals surface area contributed by atoms with Gasteiger partial charge in [0.25, 0.3) is 0 Å². The summed E-state index contributed by atoms with van der Waals surface area (Å²) in [6.45, 7) is 0.873. The van der Waals surface area contributed by atoms with E-state index in [1.807, 2.05) is 0 Å². The molecule has 0 spiro atoms. The van der Waals surface area contributed by atoms with Gasteiger partial charge < -0.3 is 5.73 Å². The van der Waals surface area contributed by atoms with Crippen LogP contribution in [0.15, 0.2) is 29.5 Å². The van der Waals surface area contributed by atoms with Gasteiger partial charge in [0.1, 0.15) is 17.8 Å². The highest BCUT2D eigenvalue weighted by molar-refractivity contribution is 7.90. The third kappa shape index (κ3) is 4.92. The number of rotatable bonds is 7. The second-order valence-corrected chi connectivity index (χ2v) is 9.91. The Morgan fingerprint density at radius 3 is 2.46 bits per heavy atom. The first-order valence-corrected chi connectivity index (χ1v) is 12.3. The Hall–Kier alpha value is -3.82. The molecule has 0 saturated heterocycles. The van der Waals surface area contributed by atoms with E-state index in [9.17, 15) is 35.2 Å². The molecule has 1 aromatic carbocycles. The van der Waals surface area contributed by atoms with E-state index in [2.05, 4.69) is 15.1 Å². The Balaban J connectivity index is 1.48. The molecular formula is C21H20F5N7O3S. The van der Waals surface area contributed by atoms with Crippen molar-refractivity contribution in [1.82, 2.24) is 18.7 Å². The number of aromatic nitrogens is 3. The summed E-state index contributed by atoms with van der Waals surface area (Å²) in [6.07, 6.45) is 1.96. The quantitative estimate of drug-likeness (QED) is 0.357. The maximum atomic E-state index is 14.8. The van der Waals surface area contributed by atoms with Crippen molar-refractivity contribution < 1.29 is 35.2 Å². The van der Waals surface area contributed by atoms with Crippen LogP contribution >= 0.6 is 0 Å². The Labute approximate surface area is 207 Å². The molecule has 0 fully saturated rings. The van der Waals surface area contributed by atoms with Crippen LogP contribution in [0.5, 0.6) is 0 Å². The number of imidazole rings is 1. The molecule has 0 radical (unpaired) electrons. The molecule has 0 unspecified atom stereocenters. The van der Waals surface area contributed by atoms with Gasteiger partial charge in [0, 0.05) is 6.42 Å². The van der Waals surface area contributed by atoms with E-state index < -0.39 is 33.7 Å². The van der Waals surface area contributed by atoms with Crippen LogP contribution in [0, 0.1) is 11.6 Å². The average Bonchev–Trinajstić information content (AvgIpc) is 3.19. The van der Waals surface area contributed by atoms with Crippen molar-refractivity contribution >= 4 is 39.4 Å². The molecule has 10 nitrogen and oxygen atoms in total. The fourth-order valence-corrected chi connectivity index (χ4v) is 4.52. The minimum atomic E-state index is -5.59. The van der Waals surface area contributed by atoms with E-state index in [-0.39, 0.29) is 52.5 Å². The van der Waals surface area contributed by atoms with E-state index in [0.29, 0.717) is 24.0 Å². The molecule has 0 bridgehead atoms. The number of hydrogen-bond donors (Lipinski definition) is 1. The largest absolute Gasteiger partial charge is 0.516 e. The Morgan fingerprint density at radius 1 is 1.14 bits per heavy atom. The summed E-state index contributed by atoms with van der Waals surface area (Å²) in [4.78, 5) is 21.0. The van der Waals surface area contributed by atoms with Crippen LogP contribution in [0.2, 0.25) is 0 Å². The number of hydrogen-bond acceptors (Lipinski definition) is 8. The number of aryl methyl sites for hydroxylation is 2. The number of sulfonamides is 1. The summed E-state index contributed by atoms with van der Waals surface area (Å²) in [7, 11) is -5.59. The predicted molar refractivity (Wildman–Crippen MR) is 123 cm³/mol. The Kier molecular flexibility index (Phi) is 6.79. The number of halogens is 5. The predicted octanol–water partition coefficient (Wildman–Crippen LogP) is 2.88. The first-order valence-electron chi connectivity index (χ1n) is 10.9. The van der Waals surface area contributed by atoms with Crippen molar-refractivity contribution in [2.45, 2.75) is 31.7 Å². The van der Waals surface area contributed by atoms with E-state index in [4.69, 9.17) is 5.73 Å². The molecule has 0 aliphatic carbocycles. The first-order chi connectivity index (χ1) is 17.3. The van der Waals surface area contributed by atoms with Crippen molar-refractivity contribution in [2.24, 2.45) is 5.10 Å². The van der Waals surface area contributed by atoms with Crippen molar-refractivity contribution in [3.05, 3.63) is 53.0 Å². The molecule has 1 aliphatic heterocycles. The van der Waals surface area contributed by atoms with Gasteiger partial charge in [-0.1, -0.05) is 13.0 Å². The van der Waals surface area contributed by atoms with Crippen molar-refractivity contribution in [3.8, 4) is 0 Å². The van der Waals surface area contributed by atoms with E-state index >= 15 is 0 Å². The molecule has 0 atom stereocenters. The number of anilines is 2. The number of Topliss-reactive ketones (excluding diaryl/α,β-unsaturated/α-hetero) is 1. The average molecular weight is 545 g/mol. The summed E-state index contributed by atoms with van der Waals surface area (Å²) < 4.78 is 91.0. The number of nitrogens with two attached hydrogens (primary N) is 1. The second-order valence-electron chi connectivity index (χ2n) is 8.03. The number of ketones is 1. The van der Waals surface area contributed by atoms with E-state index in [1.165, 1.54) is 16.5 Å². The van der Waals surface area contributed by atoms with Gasteiger partial charge in [-0.25, -0.2) is 18.1 Å². The van der Waals surface area contributed by atoms with Crippen LogP contribution < -0.4 is 10.7 Å². The third-order valence-electron chi connectivity index (χ3n) is 5.66. The van der Waals surface area contributed by atoms with Crippen LogP contribution in [-0.2, 0) is 22.9 Å². The van der Waals surface area contributed by atoms with Crippen LogP contribution in [0.25, 0.3) is 5.78 Å². The van der Waals surface area contributed by atoms with Gasteiger partial charge >= 0.3 is 15.5 Å². The molecule has 3 aromatic rings. The van der Waals surface area contributed by atoms with Gasteiger partial charge in [0.15, 0.2) is 17.4 Å². The molecule has 1 aliphatic rings. The van der Waals surface area contributed by atoms with Gasteiger partial charge in [-0.05, 0) is 30.5 Å². The van der Waals surface area contributed by atoms with Gasteiger partial charge in [-0.15, -0.1) is 0 Å². The molecule has 37 heavy (non-hydrogen) atoms. The van der Waals surface area contributed by atoms with Crippen LogP contribution in [0.3, 0.4) is 0 Å². The number of benzene rings is 1. The Morgan fingerprint density at radius 2 is 1.86 bits per heavy atom. The van der Waals surface area contributed by atoms with Crippen molar-refractivity contribution in [1.29, 1.82) is 0 Å². The number of nitrogens with zero attached hydrogens (tertiary/aromatic N) is 6. The lowest BCUT2D eigenvalue weighted by molar-refractivity contribution is -0.0471. The van der Waals surface area contributed by atoms with E-state index in [1.54, 1.807) is 6.92 Å². The molecule has 4 rings (SSSR count). The summed E-state index contributed by atoms with van der Waals surface area (Å²) in [6, 6.07) is 3.99. The zero-order valence-corrected chi connectivity index (χ0v) is 20.0. The van der Waals surface area contributed by atoms with E-state index in [0.717, 1.165) is 17.3 Å². The third-order valence-corrected chi connectivity index (χ3v) is 7.13. The highest BCUT2D eigenvalue weighted by Gasteiger charge is 2.50. The lowest BCUT2D eigenvalue weighted by Crippen LogP contribution is -2.46. The molecular weight excluding hydrogens is 525 g/mol. The lowest BCUT2D eigenvalue weighted by Gasteiger charge is -2.29. The van der Waals surface area contributed by atoms with Gasteiger partial charge in [-0.3, -0.25) is 14.2 Å². The number of nitrogen functional groups attached to an aromatic ring is 1. The minimum Gasteiger partial charge on any atom is -0.381 e. The molecule has 2 N–H and O–H groups in total. The molecule has 0 saturated carbocycles. The number of hydrazone groups is 1. The molecule has 0 amide bonds. The summed E-state index contributed by atoms with van der Waals surface area (Å²) in [5.41, 5.74) is 0.921. The normalized spacial score (nSPS) is 14.5. The SMILES string of the molecule is CCc1nc2nc(N)c(F)cn2c1C(=O)CCc1ccc(N2CCN(S(=O)(=O)C(F)(F)F)C=N2)c(F)c1. The van der Waals surface area contributed by atoms with Crippen molar-refractivity contribution in [2.75, 3.05) is 23.8 Å². The second kappa shape index (κ2) is 9.57.